The van der Waals surface area contributed by atoms with Crippen LogP contribution < -0.4 is 0 Å². The standard InChI is InChI=1S/C22H28O3S2.C21H26O2S2.C20H24O2S4.C18H22N2O2S4.C16H24O2S4.C16H24O2S2/c23-21(24)14-8-7-13-20(27-17-18-9-3-1-4-10-18)15-16-26-22(25)19-11-5-2-6-12-19;22-21(23)14-8-7-13-20(25-19-11-5-2-6-12-19)15-16-24-17-18-9-3-1-4-10-18;21-20(22)14-8-7-13-19(26-25-18-11-5-2-6-12-18)15-16-23-24-17-9-3-1-4-10-17;21-18(22)10-2-1-7-15(24-26-17-9-4-6-13-20-17)11-14-23-25-16-8-3-5-12-19-16;1-2-19-20-13-12-15(10-6-7-11-16(17)18)22-21-14-8-4-3-5-9-14;1-2-19-15(10-6-7-11-16(17)18)12-13-20-14-8-4-3-5-9-14/h1-6,9-12,20,22,25H,7-8,13-17H2,(H,23,24);1-6,9-12,20H,7-8,13-17H2,(H,22,23);1-6,9-12,19H,7-8,13-16H2,(H,21,22);3-6,8-9,12-13,15H,1-2,7,10-11,14H2,(H,21,22);3-5,8-9,15H,2,6-7,10-13H2,1H3,(H,17,18);3-5,8-9,15H,2,6-7,10-13H2,1H3,(H,17,18). The summed E-state index contributed by atoms with van der Waals surface area (Å²) < 4.78 is 0. The van der Waals surface area contributed by atoms with Crippen LogP contribution in [0.1, 0.15) is 229 Å². The van der Waals surface area contributed by atoms with Gasteiger partial charge in [-0.3, -0.25) is 28.8 Å². The van der Waals surface area contributed by atoms with Gasteiger partial charge in [-0.1, -0.05) is 354 Å². The lowest BCUT2D eigenvalue weighted by Crippen LogP contribution is -2.07. The molecule has 0 spiro atoms. The molecule has 7 N–H and O–H groups in total. The summed E-state index contributed by atoms with van der Waals surface area (Å²) >= 11 is 11.3. The SMILES string of the molecule is CCSC(CCCCC(=O)O)CCSc1ccccc1.CCSSCCC(CCCCC(=O)O)SSc1ccccc1.O=C(O)CCCCC(CCSC(O)c1ccccc1)SCc1ccccc1.O=C(O)CCCCC(CCSCc1ccccc1)Sc1ccccc1.O=C(O)CCCCC(CCSSc1ccccc1)SSc1ccccc1.O=C(O)CCCCC(CCSSc1ccccn1)SSc1ccccn1. The number of carboxylic acids is 6. The molecule has 0 aliphatic carbocycles. The molecule has 15 nitrogen and oxygen atoms in total. The summed E-state index contributed by atoms with van der Waals surface area (Å²) in [6.07, 6.45) is 29.1. The number of aromatic nitrogens is 2. The molecule has 0 aliphatic heterocycles. The average molecular weight is 2320 g/mol. The first-order valence-corrected chi connectivity index (χ1v) is 70.0. The van der Waals surface area contributed by atoms with Crippen molar-refractivity contribution in [3.63, 3.8) is 0 Å². The minimum Gasteiger partial charge on any atom is -0.481 e. The largest absolute Gasteiger partial charge is 0.481 e. The number of aliphatic hydroxyl groups excluding tert-OH is 1. The molecule has 796 valence electrons. The van der Waals surface area contributed by atoms with Crippen LogP contribution in [0.25, 0.3) is 0 Å². The van der Waals surface area contributed by atoms with Gasteiger partial charge in [0.2, 0.25) is 0 Å². The quantitative estimate of drug-likeness (QED) is 0.00808. The Morgan fingerprint density at radius 3 is 0.986 bits per heavy atom. The number of aliphatic carboxylic acids is 6. The van der Waals surface area contributed by atoms with Crippen LogP contribution in [0, 0.1) is 0 Å². The highest BCUT2D eigenvalue weighted by Crippen LogP contribution is 2.44. The number of unbranched alkanes of at least 4 members (excludes halogenated alkanes) is 6. The normalized spacial score (nSPS) is 12.3. The summed E-state index contributed by atoms with van der Waals surface area (Å²) in [5.41, 5.74) is 3.15. The van der Waals surface area contributed by atoms with Crippen LogP contribution in [0.5, 0.6) is 0 Å². The molecule has 10 rings (SSSR count). The minimum absolute atomic E-state index is 0.248. The number of aliphatic hydroxyl groups is 1. The highest BCUT2D eigenvalue weighted by atomic mass is 33.1. The third-order valence-electron chi connectivity index (χ3n) is 21.1. The molecule has 2 heterocycles. The van der Waals surface area contributed by atoms with Crippen molar-refractivity contribution in [3.8, 4) is 0 Å². The van der Waals surface area contributed by atoms with E-state index in [1.54, 1.807) is 33.3 Å². The summed E-state index contributed by atoms with van der Waals surface area (Å²) in [6.45, 7) is 4.38. The summed E-state index contributed by atoms with van der Waals surface area (Å²) in [4.78, 5) is 79.0. The van der Waals surface area contributed by atoms with Gasteiger partial charge in [0, 0.05) is 141 Å². The molecule has 0 fully saturated rings. The van der Waals surface area contributed by atoms with Crippen molar-refractivity contribution in [2.75, 3.05) is 46.0 Å². The number of rotatable bonds is 75. The minimum atomic E-state index is -0.718. The van der Waals surface area contributed by atoms with E-state index in [1.165, 1.54) is 54.2 Å². The molecule has 7 atom stereocenters. The second kappa shape index (κ2) is 91.6. The zero-order chi connectivity index (χ0) is 105. The molecule has 0 amide bonds. The summed E-state index contributed by atoms with van der Waals surface area (Å²) in [5, 5.41) is 68.2. The zero-order valence-corrected chi connectivity index (χ0v) is 98.6. The maximum atomic E-state index is 10.7. The molecule has 10 aromatic rings. The summed E-state index contributed by atoms with van der Waals surface area (Å²) in [6, 6.07) is 95.0. The van der Waals surface area contributed by atoms with Crippen molar-refractivity contribution >= 4 is 236 Å². The predicted octanol–water partition coefficient (Wildman–Crippen LogP) is 36.4. The lowest BCUT2D eigenvalue weighted by Gasteiger charge is -2.18. The van der Waals surface area contributed by atoms with Crippen LogP contribution >= 0.6 is 200 Å². The molecule has 0 radical (unpaired) electrons. The van der Waals surface area contributed by atoms with E-state index in [2.05, 4.69) is 200 Å². The van der Waals surface area contributed by atoms with Gasteiger partial charge in [0.05, 0.1) is 0 Å². The number of benzene rings is 8. The summed E-state index contributed by atoms with van der Waals surface area (Å²) in [5.74, 6) is 6.63. The van der Waals surface area contributed by atoms with Gasteiger partial charge in [-0.05, 0) is 262 Å². The molecular formula is C113H148N2O13S18. The monoisotopic (exact) mass is 2320 g/mol. The van der Waals surface area contributed by atoms with Crippen LogP contribution in [0.3, 0.4) is 0 Å². The maximum Gasteiger partial charge on any atom is 0.303 e. The molecule has 0 saturated heterocycles. The van der Waals surface area contributed by atoms with Crippen molar-refractivity contribution in [2.45, 2.75) is 289 Å². The molecule has 146 heavy (non-hydrogen) atoms. The Labute approximate surface area is 944 Å². The van der Waals surface area contributed by atoms with E-state index in [1.807, 2.05) is 282 Å². The third kappa shape index (κ3) is 75.8. The second-order valence-electron chi connectivity index (χ2n) is 33.2. The van der Waals surface area contributed by atoms with Gasteiger partial charge in [0.15, 0.2) is 0 Å². The van der Waals surface area contributed by atoms with Crippen molar-refractivity contribution < 1.29 is 64.5 Å². The third-order valence-corrected chi connectivity index (χ3v) is 44.4. The van der Waals surface area contributed by atoms with Crippen molar-refractivity contribution in [1.82, 2.24) is 9.97 Å². The van der Waals surface area contributed by atoms with E-state index in [0.717, 1.165) is 209 Å². The molecule has 0 saturated carbocycles. The Balaban J connectivity index is 0.000000309. The van der Waals surface area contributed by atoms with Gasteiger partial charge in [0.25, 0.3) is 0 Å². The maximum absolute atomic E-state index is 10.7. The zero-order valence-electron chi connectivity index (χ0n) is 83.9. The fraction of sp³-hybridized carbons (Fsp3) is 0.434. The van der Waals surface area contributed by atoms with Crippen molar-refractivity contribution in [3.05, 3.63) is 308 Å². The topological polar surface area (TPSA) is 270 Å². The lowest BCUT2D eigenvalue weighted by molar-refractivity contribution is -0.138. The van der Waals surface area contributed by atoms with Crippen LogP contribution in [0.4, 0.5) is 0 Å². The first kappa shape index (κ1) is 132. The van der Waals surface area contributed by atoms with Crippen LogP contribution in [-0.4, -0.2) is 159 Å². The van der Waals surface area contributed by atoms with Crippen molar-refractivity contribution in [2.24, 2.45) is 0 Å². The number of carboxylic acid groups (broad SMARTS) is 6. The average Bonchev–Trinajstić information content (AvgIpc) is 0.936. The lowest BCUT2D eigenvalue weighted by atomic mass is 10.1. The Kier molecular flexibility index (Phi) is 82.5. The van der Waals surface area contributed by atoms with Crippen LogP contribution in [-0.2, 0) is 40.3 Å². The van der Waals surface area contributed by atoms with Crippen molar-refractivity contribution in [1.29, 1.82) is 0 Å². The highest BCUT2D eigenvalue weighted by Gasteiger charge is 2.20. The number of hydrogen-bond acceptors (Lipinski definition) is 27. The molecule has 33 heteroatoms. The molecule has 7 unspecified atom stereocenters. The van der Waals surface area contributed by atoms with Gasteiger partial charge >= 0.3 is 35.8 Å². The number of pyridine rings is 2. The van der Waals surface area contributed by atoms with E-state index in [9.17, 15) is 33.9 Å². The van der Waals surface area contributed by atoms with E-state index in [0.29, 0.717) is 44.3 Å². The first-order valence-electron chi connectivity index (χ1n) is 50.0. The van der Waals surface area contributed by atoms with E-state index in [-0.39, 0.29) is 25.7 Å². The Morgan fingerprint density at radius 2 is 0.582 bits per heavy atom. The van der Waals surface area contributed by atoms with E-state index < -0.39 is 41.3 Å². The van der Waals surface area contributed by atoms with Crippen LogP contribution in [0.15, 0.2) is 326 Å². The van der Waals surface area contributed by atoms with Crippen LogP contribution in [0.2, 0.25) is 0 Å². The molecule has 2 aromatic heterocycles. The molecule has 0 bridgehead atoms. The highest BCUT2D eigenvalue weighted by molar-refractivity contribution is 8.78. The predicted molar refractivity (Wildman–Crippen MR) is 654 cm³/mol. The Morgan fingerprint density at radius 1 is 0.260 bits per heavy atom. The fourth-order valence-electron chi connectivity index (χ4n) is 13.5. The number of hydrogen-bond donors (Lipinski definition) is 7. The number of carbonyl (C=O) groups is 6. The smallest absolute Gasteiger partial charge is 0.303 e. The van der Waals surface area contributed by atoms with E-state index in [4.69, 9.17) is 30.6 Å². The number of nitrogens with zero attached hydrogens (tertiary/aromatic N) is 2. The van der Waals surface area contributed by atoms with Gasteiger partial charge in [0.1, 0.15) is 15.5 Å². The van der Waals surface area contributed by atoms with E-state index >= 15 is 0 Å². The molecular weight excluding hydrogens is 2170 g/mol. The van der Waals surface area contributed by atoms with Gasteiger partial charge in [-0.2, -0.15) is 35.3 Å². The second-order valence-corrected chi connectivity index (χ2v) is 56.3. The Hall–Kier alpha value is -4.86. The molecule has 8 aromatic carbocycles. The van der Waals surface area contributed by atoms with Gasteiger partial charge in [-0.15, -0.1) is 35.3 Å². The summed E-state index contributed by atoms with van der Waals surface area (Å²) in [7, 11) is 22.2. The first-order chi connectivity index (χ1) is 71.3. The number of thioether (sulfide) groups is 6. The Bertz CT molecular complexity index is 4720. The van der Waals surface area contributed by atoms with Gasteiger partial charge in [-0.25, -0.2) is 9.97 Å². The van der Waals surface area contributed by atoms with Gasteiger partial charge < -0.3 is 35.7 Å². The molecule has 0 aliphatic rings. The fourth-order valence-corrected chi connectivity index (χ4v) is 34.8.